The summed E-state index contributed by atoms with van der Waals surface area (Å²) in [5.74, 6) is -1.64. The minimum atomic E-state index is -0.732. The van der Waals surface area contributed by atoms with Crippen LogP contribution < -0.4 is 5.32 Å². The van der Waals surface area contributed by atoms with Crippen LogP contribution in [0.5, 0.6) is 0 Å². The van der Waals surface area contributed by atoms with Crippen LogP contribution in [0.4, 0.5) is 5.69 Å². The zero-order chi connectivity index (χ0) is 20.3. The van der Waals surface area contributed by atoms with Gasteiger partial charge >= 0.3 is 5.97 Å². The maximum Gasteiger partial charge on any atom is 0.336 e. The largest absolute Gasteiger partial charge is 0.457 e. The summed E-state index contributed by atoms with van der Waals surface area (Å²) in [6.07, 6.45) is -0.0615. The highest BCUT2D eigenvalue weighted by molar-refractivity contribution is 6.31. The molecule has 1 atom stereocenters. The number of allylic oxidation sites excluding steroid dienone is 1. The van der Waals surface area contributed by atoms with Crippen molar-refractivity contribution in [3.8, 4) is 0 Å². The summed E-state index contributed by atoms with van der Waals surface area (Å²) in [5.41, 5.74) is 1.58. The second-order valence-corrected chi connectivity index (χ2v) is 6.78. The lowest BCUT2D eigenvalue weighted by Gasteiger charge is -2.27. The Labute approximate surface area is 166 Å². The van der Waals surface area contributed by atoms with Crippen LogP contribution in [-0.2, 0) is 20.9 Å². The average molecular weight is 401 g/mol. The van der Waals surface area contributed by atoms with Crippen LogP contribution in [-0.4, -0.2) is 16.8 Å². The highest BCUT2D eigenvalue weighted by atomic mass is 35.5. The van der Waals surface area contributed by atoms with E-state index in [1.54, 1.807) is 6.92 Å². The summed E-state index contributed by atoms with van der Waals surface area (Å²) in [6, 6.07) is 13.1. The van der Waals surface area contributed by atoms with Crippen molar-refractivity contribution in [2.75, 3.05) is 0 Å². The summed E-state index contributed by atoms with van der Waals surface area (Å²) in [4.78, 5) is 35.4. The number of hydrogen-bond donors (Lipinski definition) is 1. The van der Waals surface area contributed by atoms with Gasteiger partial charge in [-0.25, -0.2) is 4.79 Å². The predicted octanol–water partition coefficient (Wildman–Crippen LogP) is 3.87. The summed E-state index contributed by atoms with van der Waals surface area (Å²) < 4.78 is 5.42. The number of esters is 1. The zero-order valence-electron chi connectivity index (χ0n) is 15.0. The van der Waals surface area contributed by atoms with E-state index >= 15 is 0 Å². The lowest BCUT2D eigenvalue weighted by molar-refractivity contribution is -0.384. The second-order valence-electron chi connectivity index (χ2n) is 6.37. The van der Waals surface area contributed by atoms with Crippen molar-refractivity contribution in [3.05, 3.63) is 86.1 Å². The molecule has 1 aliphatic heterocycles. The molecule has 1 amide bonds. The van der Waals surface area contributed by atoms with Crippen molar-refractivity contribution in [1.82, 2.24) is 5.32 Å². The highest BCUT2D eigenvalue weighted by Crippen LogP contribution is 2.38. The maximum absolute atomic E-state index is 12.8. The molecular formula is C20H17ClN2O5. The Morgan fingerprint density at radius 1 is 1.29 bits per heavy atom. The molecule has 8 heteroatoms. The number of non-ortho nitro benzene ring substituents is 1. The number of nitro benzene ring substituents is 1. The molecule has 28 heavy (non-hydrogen) atoms. The Kier molecular flexibility index (Phi) is 5.75. The fourth-order valence-corrected chi connectivity index (χ4v) is 3.40. The van der Waals surface area contributed by atoms with E-state index in [-0.39, 0.29) is 35.2 Å². The molecule has 1 N–H and O–H groups in total. The van der Waals surface area contributed by atoms with Gasteiger partial charge in [0.1, 0.15) is 6.61 Å². The maximum atomic E-state index is 12.8. The molecule has 1 heterocycles. The van der Waals surface area contributed by atoms with E-state index in [1.165, 1.54) is 18.2 Å². The van der Waals surface area contributed by atoms with Gasteiger partial charge in [-0.15, -0.1) is 0 Å². The number of nitro groups is 1. The fourth-order valence-electron chi connectivity index (χ4n) is 3.15. The van der Waals surface area contributed by atoms with Gasteiger partial charge in [-0.2, -0.15) is 0 Å². The molecule has 0 fully saturated rings. The van der Waals surface area contributed by atoms with Gasteiger partial charge < -0.3 is 10.1 Å². The number of carbonyl (C=O) groups is 2. The van der Waals surface area contributed by atoms with Crippen LogP contribution in [0.2, 0.25) is 5.02 Å². The molecule has 0 bridgehead atoms. The Balaban J connectivity index is 1.94. The van der Waals surface area contributed by atoms with Gasteiger partial charge in [-0.05, 0) is 24.1 Å². The van der Waals surface area contributed by atoms with E-state index in [0.29, 0.717) is 11.3 Å². The first kappa shape index (κ1) is 19.6. The van der Waals surface area contributed by atoms with Crippen molar-refractivity contribution in [1.29, 1.82) is 0 Å². The summed E-state index contributed by atoms with van der Waals surface area (Å²) >= 11 is 6.24. The number of halogens is 1. The standard InChI is InChI=1S/C20H17ClN2O5/c1-12-19(20(25)28-11-13-5-3-2-4-6-13)16(10-18(24)22-12)15-9-14(23(26)27)7-8-17(15)21/h2-9,16H,10-11H2,1H3,(H,22,24). The number of rotatable bonds is 5. The molecule has 2 aromatic rings. The van der Waals surface area contributed by atoms with Gasteiger partial charge in [0.25, 0.3) is 5.69 Å². The fraction of sp³-hybridized carbons (Fsp3) is 0.200. The van der Waals surface area contributed by atoms with Gasteiger partial charge in [-0.1, -0.05) is 41.9 Å². The molecule has 0 aromatic heterocycles. The Bertz CT molecular complexity index is 972. The van der Waals surface area contributed by atoms with E-state index in [1.807, 2.05) is 30.3 Å². The van der Waals surface area contributed by atoms with E-state index in [2.05, 4.69) is 5.32 Å². The minimum Gasteiger partial charge on any atom is -0.457 e. The number of amides is 1. The second kappa shape index (κ2) is 8.22. The third-order valence-electron chi connectivity index (χ3n) is 4.47. The molecule has 1 unspecified atom stereocenters. The van der Waals surface area contributed by atoms with Crippen molar-refractivity contribution < 1.29 is 19.2 Å². The number of carbonyl (C=O) groups excluding carboxylic acids is 2. The molecule has 144 valence electrons. The number of hydrogen-bond acceptors (Lipinski definition) is 5. The van der Waals surface area contributed by atoms with Crippen LogP contribution in [0.3, 0.4) is 0 Å². The number of nitrogens with one attached hydrogen (secondary N) is 1. The van der Waals surface area contributed by atoms with Crippen LogP contribution in [0.25, 0.3) is 0 Å². The SMILES string of the molecule is CC1=C(C(=O)OCc2ccccc2)C(c2cc([N+](=O)[O-])ccc2Cl)CC(=O)N1. The van der Waals surface area contributed by atoms with Gasteiger partial charge in [0, 0.05) is 35.2 Å². The first-order valence-corrected chi connectivity index (χ1v) is 8.90. The van der Waals surface area contributed by atoms with Crippen molar-refractivity contribution in [2.24, 2.45) is 0 Å². The molecule has 0 spiro atoms. The number of benzene rings is 2. The van der Waals surface area contributed by atoms with Crippen molar-refractivity contribution in [2.45, 2.75) is 25.9 Å². The van der Waals surface area contributed by atoms with Crippen LogP contribution in [0.15, 0.2) is 59.8 Å². The molecule has 3 rings (SSSR count). The third-order valence-corrected chi connectivity index (χ3v) is 4.81. The first-order valence-electron chi connectivity index (χ1n) is 8.52. The van der Waals surface area contributed by atoms with Crippen molar-refractivity contribution >= 4 is 29.2 Å². The average Bonchev–Trinajstić information content (AvgIpc) is 2.66. The summed E-state index contributed by atoms with van der Waals surface area (Å²) in [7, 11) is 0. The van der Waals surface area contributed by atoms with Gasteiger partial charge in [0.15, 0.2) is 0 Å². The van der Waals surface area contributed by atoms with Crippen LogP contribution in [0, 0.1) is 10.1 Å². The molecule has 0 radical (unpaired) electrons. The minimum absolute atomic E-state index is 0.0615. The molecule has 0 aliphatic carbocycles. The lowest BCUT2D eigenvalue weighted by atomic mass is 9.84. The molecule has 0 saturated heterocycles. The topological polar surface area (TPSA) is 98.5 Å². The molecule has 0 saturated carbocycles. The van der Waals surface area contributed by atoms with Crippen molar-refractivity contribution in [3.63, 3.8) is 0 Å². The third kappa shape index (κ3) is 4.20. The molecule has 1 aliphatic rings. The first-order chi connectivity index (χ1) is 13.4. The Morgan fingerprint density at radius 3 is 2.68 bits per heavy atom. The monoisotopic (exact) mass is 400 g/mol. The predicted molar refractivity (Wildman–Crippen MR) is 103 cm³/mol. The molecule has 2 aromatic carbocycles. The Morgan fingerprint density at radius 2 is 2.00 bits per heavy atom. The summed E-state index contributed by atoms with van der Waals surface area (Å²) in [6.45, 7) is 1.66. The quantitative estimate of drug-likeness (QED) is 0.466. The molecule has 7 nitrogen and oxygen atoms in total. The van der Waals surface area contributed by atoms with E-state index in [9.17, 15) is 19.7 Å². The lowest BCUT2D eigenvalue weighted by Crippen LogP contribution is -2.34. The van der Waals surface area contributed by atoms with Gasteiger partial charge in [-0.3, -0.25) is 14.9 Å². The van der Waals surface area contributed by atoms with E-state index in [4.69, 9.17) is 16.3 Å². The highest BCUT2D eigenvalue weighted by Gasteiger charge is 2.34. The van der Waals surface area contributed by atoms with Gasteiger partial charge in [0.05, 0.1) is 10.5 Å². The van der Waals surface area contributed by atoms with Crippen LogP contribution in [0.1, 0.15) is 30.4 Å². The molecular weight excluding hydrogens is 384 g/mol. The van der Waals surface area contributed by atoms with Gasteiger partial charge in [0.2, 0.25) is 5.91 Å². The number of nitrogens with zero attached hydrogens (tertiary/aromatic N) is 1. The normalized spacial score (nSPS) is 16.5. The van der Waals surface area contributed by atoms with E-state index < -0.39 is 16.8 Å². The zero-order valence-corrected chi connectivity index (χ0v) is 15.7. The van der Waals surface area contributed by atoms with Crippen LogP contribution >= 0.6 is 11.6 Å². The summed E-state index contributed by atoms with van der Waals surface area (Å²) in [5, 5.41) is 14.0. The smallest absolute Gasteiger partial charge is 0.336 e. The Hall–Kier alpha value is -3.19. The number of ether oxygens (including phenoxy) is 1. The van der Waals surface area contributed by atoms with E-state index in [0.717, 1.165) is 5.56 Å².